The highest BCUT2D eigenvalue weighted by Crippen LogP contribution is 2.46. The van der Waals surface area contributed by atoms with Gasteiger partial charge in [-0.15, -0.1) is 0 Å². The fourth-order valence-electron chi connectivity index (χ4n) is 4.59. The molecule has 0 unspecified atom stereocenters. The van der Waals surface area contributed by atoms with Crippen molar-refractivity contribution in [2.24, 2.45) is 0 Å². The molecule has 2 fully saturated rings. The van der Waals surface area contributed by atoms with Gasteiger partial charge in [0, 0.05) is 31.1 Å². The molecule has 2 aliphatic heterocycles. The molecule has 0 saturated carbocycles. The summed E-state index contributed by atoms with van der Waals surface area (Å²) < 4.78 is 26.5. The second kappa shape index (κ2) is 6.50. The van der Waals surface area contributed by atoms with Crippen LogP contribution in [0.4, 0.5) is 0 Å². The summed E-state index contributed by atoms with van der Waals surface area (Å²) in [4.78, 5) is 2.41. The van der Waals surface area contributed by atoms with Crippen molar-refractivity contribution < 1.29 is 8.42 Å². The number of hydrogen-bond donors (Lipinski definition) is 0. The molecule has 4 rings (SSSR count). The van der Waals surface area contributed by atoms with Crippen LogP contribution in [-0.2, 0) is 22.0 Å². The van der Waals surface area contributed by atoms with Crippen molar-refractivity contribution in [2.75, 3.05) is 25.9 Å². The summed E-state index contributed by atoms with van der Waals surface area (Å²) in [6.07, 6.45) is 3.28. The van der Waals surface area contributed by atoms with Crippen molar-refractivity contribution in [1.29, 1.82) is 0 Å². The zero-order valence-electron chi connectivity index (χ0n) is 14.5. The smallest absolute Gasteiger partial charge is 0.211 e. The maximum atomic E-state index is 12.4. The van der Waals surface area contributed by atoms with Crippen LogP contribution >= 0.6 is 11.3 Å². The molecule has 1 aromatic carbocycles. The molecular weight excluding hydrogens is 352 g/mol. The van der Waals surface area contributed by atoms with E-state index in [1.807, 2.05) is 6.07 Å². The van der Waals surface area contributed by atoms with Crippen LogP contribution in [0.3, 0.4) is 0 Å². The van der Waals surface area contributed by atoms with E-state index >= 15 is 0 Å². The van der Waals surface area contributed by atoms with Crippen LogP contribution in [0.2, 0.25) is 0 Å². The molecule has 25 heavy (non-hydrogen) atoms. The molecule has 2 saturated heterocycles. The quantitative estimate of drug-likeness (QED) is 0.824. The van der Waals surface area contributed by atoms with Gasteiger partial charge in [-0.05, 0) is 47.3 Å². The monoisotopic (exact) mass is 376 g/mol. The van der Waals surface area contributed by atoms with E-state index in [0.29, 0.717) is 6.54 Å². The van der Waals surface area contributed by atoms with Gasteiger partial charge in [-0.3, -0.25) is 4.90 Å². The number of likely N-dealkylation sites (tertiary alicyclic amines) is 1. The average molecular weight is 377 g/mol. The summed E-state index contributed by atoms with van der Waals surface area (Å²) in [6, 6.07) is 12.7. The zero-order valence-corrected chi connectivity index (χ0v) is 16.1. The molecule has 2 atom stereocenters. The largest absolute Gasteiger partial charge is 0.297 e. The van der Waals surface area contributed by atoms with Gasteiger partial charge in [0.05, 0.1) is 6.26 Å². The number of sulfonamides is 1. The number of rotatable bonds is 4. The summed E-state index contributed by atoms with van der Waals surface area (Å²) >= 11 is 1.72. The van der Waals surface area contributed by atoms with Gasteiger partial charge in [0.2, 0.25) is 10.0 Å². The fourth-order valence-corrected chi connectivity index (χ4v) is 6.40. The van der Waals surface area contributed by atoms with Gasteiger partial charge in [-0.1, -0.05) is 30.3 Å². The summed E-state index contributed by atoms with van der Waals surface area (Å²) in [5.41, 5.74) is 2.57. The summed E-state index contributed by atoms with van der Waals surface area (Å²) in [6.45, 7) is 3.35. The van der Waals surface area contributed by atoms with Crippen LogP contribution < -0.4 is 0 Å². The Morgan fingerprint density at radius 3 is 2.60 bits per heavy atom. The Hall–Kier alpha value is -1.21. The normalized spacial score (nSPS) is 28.1. The number of fused-ring (bicyclic) bond motifs is 1. The maximum absolute atomic E-state index is 12.4. The van der Waals surface area contributed by atoms with Crippen molar-refractivity contribution in [3.8, 4) is 0 Å². The Labute approximate surface area is 154 Å². The van der Waals surface area contributed by atoms with E-state index in [2.05, 4.69) is 46.0 Å². The van der Waals surface area contributed by atoms with E-state index in [-0.39, 0.29) is 11.5 Å². The molecule has 4 nitrogen and oxygen atoms in total. The van der Waals surface area contributed by atoms with Crippen molar-refractivity contribution in [1.82, 2.24) is 9.21 Å². The minimum atomic E-state index is -3.20. The molecule has 0 radical (unpaired) electrons. The van der Waals surface area contributed by atoms with E-state index in [4.69, 9.17) is 0 Å². The predicted molar refractivity (Wildman–Crippen MR) is 102 cm³/mol. The first-order valence-corrected chi connectivity index (χ1v) is 11.5. The van der Waals surface area contributed by atoms with Gasteiger partial charge in [-0.25, -0.2) is 8.42 Å². The van der Waals surface area contributed by atoms with Crippen LogP contribution in [0.25, 0.3) is 0 Å². The van der Waals surface area contributed by atoms with Gasteiger partial charge in [0.15, 0.2) is 0 Å². The summed E-state index contributed by atoms with van der Waals surface area (Å²) in [7, 11) is -3.20. The van der Waals surface area contributed by atoms with Crippen molar-refractivity contribution in [2.45, 2.75) is 30.8 Å². The highest BCUT2D eigenvalue weighted by molar-refractivity contribution is 7.88. The number of benzene rings is 1. The standard InChI is InChI=1S/C19H24N2O2S2/c1-25(22,23)21-11-9-19(17-5-3-2-4-6-17)8-10-20(14-18(19)21)13-16-7-12-24-15-16/h2-7,12,15,18H,8-11,13-14H2,1H3/t18-,19+/m1/s1. The lowest BCUT2D eigenvalue weighted by atomic mass is 9.69. The highest BCUT2D eigenvalue weighted by atomic mass is 32.2. The van der Waals surface area contributed by atoms with Gasteiger partial charge >= 0.3 is 0 Å². The summed E-state index contributed by atoms with van der Waals surface area (Å²) in [5, 5.41) is 4.29. The Kier molecular flexibility index (Phi) is 4.48. The van der Waals surface area contributed by atoms with Crippen LogP contribution in [0, 0.1) is 0 Å². The first kappa shape index (κ1) is 17.2. The molecule has 0 aliphatic carbocycles. The van der Waals surface area contributed by atoms with Crippen molar-refractivity contribution in [3.05, 3.63) is 58.3 Å². The number of thiophene rings is 1. The maximum Gasteiger partial charge on any atom is 0.211 e. The average Bonchev–Trinajstić information content (AvgIpc) is 3.23. The minimum absolute atomic E-state index is 0.0253. The molecular formula is C19H24N2O2S2. The van der Waals surface area contributed by atoms with Gasteiger partial charge in [-0.2, -0.15) is 15.6 Å². The molecule has 0 amide bonds. The lowest BCUT2D eigenvalue weighted by Gasteiger charge is -2.46. The van der Waals surface area contributed by atoms with Crippen LogP contribution in [0.15, 0.2) is 47.2 Å². The molecule has 0 spiro atoms. The predicted octanol–water partition coefficient (Wildman–Crippen LogP) is 2.93. The molecule has 0 N–H and O–H groups in total. The van der Waals surface area contributed by atoms with Crippen LogP contribution in [0.5, 0.6) is 0 Å². The van der Waals surface area contributed by atoms with E-state index in [1.165, 1.54) is 17.4 Å². The molecule has 0 bridgehead atoms. The summed E-state index contributed by atoms with van der Waals surface area (Å²) in [5.74, 6) is 0. The molecule has 2 aromatic rings. The first-order valence-electron chi connectivity index (χ1n) is 8.75. The number of piperidine rings is 1. The fraction of sp³-hybridized carbons (Fsp3) is 0.474. The van der Waals surface area contributed by atoms with Gasteiger partial charge < -0.3 is 0 Å². The Morgan fingerprint density at radius 2 is 1.92 bits per heavy atom. The number of nitrogens with zero attached hydrogens (tertiary/aromatic N) is 2. The van der Waals surface area contributed by atoms with Crippen LogP contribution in [-0.4, -0.2) is 49.6 Å². The Bertz CT molecular complexity index is 820. The number of hydrogen-bond acceptors (Lipinski definition) is 4. The van der Waals surface area contributed by atoms with Crippen molar-refractivity contribution >= 4 is 21.4 Å². The topological polar surface area (TPSA) is 40.6 Å². The van der Waals surface area contributed by atoms with E-state index in [0.717, 1.165) is 32.5 Å². The lowest BCUT2D eigenvalue weighted by molar-refractivity contribution is 0.111. The van der Waals surface area contributed by atoms with E-state index in [1.54, 1.807) is 15.6 Å². The highest BCUT2D eigenvalue weighted by Gasteiger charge is 2.53. The molecule has 134 valence electrons. The third-order valence-corrected chi connectivity index (χ3v) is 7.85. The third kappa shape index (κ3) is 3.16. The van der Waals surface area contributed by atoms with E-state index in [9.17, 15) is 8.42 Å². The second-order valence-corrected chi connectivity index (χ2v) is 9.99. The Morgan fingerprint density at radius 1 is 1.16 bits per heavy atom. The van der Waals surface area contributed by atoms with Crippen molar-refractivity contribution in [3.63, 3.8) is 0 Å². The molecule has 2 aliphatic rings. The van der Waals surface area contributed by atoms with Gasteiger partial charge in [0.25, 0.3) is 0 Å². The third-order valence-electron chi connectivity index (χ3n) is 5.83. The van der Waals surface area contributed by atoms with Gasteiger partial charge in [0.1, 0.15) is 0 Å². The Balaban J connectivity index is 1.66. The zero-order chi connectivity index (χ0) is 17.5. The minimum Gasteiger partial charge on any atom is -0.297 e. The molecule has 1 aromatic heterocycles. The first-order chi connectivity index (χ1) is 12.0. The van der Waals surface area contributed by atoms with Crippen LogP contribution in [0.1, 0.15) is 24.0 Å². The molecule has 6 heteroatoms. The SMILES string of the molecule is CS(=O)(=O)N1CC[C@]2(c3ccccc3)CCN(Cc3ccsc3)C[C@@H]12. The second-order valence-electron chi connectivity index (χ2n) is 7.28. The lowest BCUT2D eigenvalue weighted by Crippen LogP contribution is -2.56. The molecule has 3 heterocycles. The van der Waals surface area contributed by atoms with E-state index < -0.39 is 10.0 Å².